The molecule has 3 heteroatoms. The molecule has 0 bridgehead atoms. The molecule has 0 N–H and O–H groups in total. The van der Waals surface area contributed by atoms with Gasteiger partial charge in [-0.15, -0.1) is 0 Å². The summed E-state index contributed by atoms with van der Waals surface area (Å²) >= 11 is 3.46. The van der Waals surface area contributed by atoms with E-state index in [2.05, 4.69) is 39.2 Å². The van der Waals surface area contributed by atoms with Crippen LogP contribution < -0.4 is 0 Å². The first-order valence-corrected chi connectivity index (χ1v) is 5.26. The van der Waals surface area contributed by atoms with E-state index in [0.29, 0.717) is 0 Å². The molecule has 1 aromatic heterocycles. The first-order valence-electron chi connectivity index (χ1n) is 4.47. The fourth-order valence-corrected chi connectivity index (χ4v) is 1.88. The van der Waals surface area contributed by atoms with Crippen molar-refractivity contribution >= 4 is 15.9 Å². The molecule has 72 valence electrons. The van der Waals surface area contributed by atoms with Crippen LogP contribution in [0.4, 0.5) is 0 Å². The molecular formula is C11H11BrN2. The molecule has 1 heterocycles. The van der Waals surface area contributed by atoms with Crippen LogP contribution in [0.3, 0.4) is 0 Å². The predicted molar refractivity (Wildman–Crippen MR) is 60.2 cm³/mol. The van der Waals surface area contributed by atoms with Crippen LogP contribution in [0.2, 0.25) is 0 Å². The van der Waals surface area contributed by atoms with Gasteiger partial charge in [0.25, 0.3) is 0 Å². The molecule has 0 saturated carbocycles. The Bertz CT molecular complexity index is 434. The van der Waals surface area contributed by atoms with E-state index >= 15 is 0 Å². The van der Waals surface area contributed by atoms with Gasteiger partial charge in [-0.2, -0.15) is 5.10 Å². The van der Waals surface area contributed by atoms with Gasteiger partial charge in [0.1, 0.15) is 0 Å². The quantitative estimate of drug-likeness (QED) is 0.802. The highest BCUT2D eigenvalue weighted by Crippen LogP contribution is 2.14. The minimum Gasteiger partial charge on any atom is -0.272 e. The highest BCUT2D eigenvalue weighted by Gasteiger charge is 2.00. The minimum absolute atomic E-state index is 0.927. The number of rotatable bonds is 2. The maximum absolute atomic E-state index is 4.14. The van der Waals surface area contributed by atoms with Gasteiger partial charge in [-0.3, -0.25) is 4.68 Å². The predicted octanol–water partition coefficient (Wildman–Crippen LogP) is 2.77. The van der Waals surface area contributed by atoms with E-state index < -0.39 is 0 Å². The SMILES string of the molecule is Cn1nccc1Cc1cccc(Br)c1. The lowest BCUT2D eigenvalue weighted by molar-refractivity contribution is 0.724. The molecule has 2 rings (SSSR count). The van der Waals surface area contributed by atoms with Crippen molar-refractivity contribution in [2.75, 3.05) is 0 Å². The smallest absolute Gasteiger partial charge is 0.0492 e. The average molecular weight is 251 g/mol. The van der Waals surface area contributed by atoms with Crippen molar-refractivity contribution in [1.29, 1.82) is 0 Å². The van der Waals surface area contributed by atoms with Crippen LogP contribution in [-0.2, 0) is 13.5 Å². The molecule has 0 aliphatic rings. The molecule has 0 saturated heterocycles. The highest BCUT2D eigenvalue weighted by atomic mass is 79.9. The van der Waals surface area contributed by atoms with Crippen LogP contribution in [-0.4, -0.2) is 9.78 Å². The van der Waals surface area contributed by atoms with Crippen LogP contribution in [0.15, 0.2) is 41.0 Å². The Morgan fingerprint density at radius 2 is 2.21 bits per heavy atom. The fraction of sp³-hybridized carbons (Fsp3) is 0.182. The van der Waals surface area contributed by atoms with Crippen molar-refractivity contribution < 1.29 is 0 Å². The van der Waals surface area contributed by atoms with Gasteiger partial charge in [0.05, 0.1) is 0 Å². The lowest BCUT2D eigenvalue weighted by Gasteiger charge is -2.02. The van der Waals surface area contributed by atoms with Gasteiger partial charge in [-0.1, -0.05) is 28.1 Å². The Morgan fingerprint density at radius 3 is 2.86 bits per heavy atom. The van der Waals surface area contributed by atoms with Crippen LogP contribution in [0.25, 0.3) is 0 Å². The van der Waals surface area contributed by atoms with E-state index in [0.717, 1.165) is 10.9 Å². The summed E-state index contributed by atoms with van der Waals surface area (Å²) in [6.07, 6.45) is 2.75. The molecular weight excluding hydrogens is 240 g/mol. The van der Waals surface area contributed by atoms with Crippen molar-refractivity contribution in [2.45, 2.75) is 6.42 Å². The van der Waals surface area contributed by atoms with E-state index in [4.69, 9.17) is 0 Å². The van der Waals surface area contributed by atoms with Crippen molar-refractivity contribution in [2.24, 2.45) is 7.05 Å². The third-order valence-corrected chi connectivity index (χ3v) is 2.69. The summed E-state index contributed by atoms with van der Waals surface area (Å²) < 4.78 is 3.03. The highest BCUT2D eigenvalue weighted by molar-refractivity contribution is 9.10. The molecule has 0 unspecified atom stereocenters. The maximum atomic E-state index is 4.14. The maximum Gasteiger partial charge on any atom is 0.0492 e. The fourth-order valence-electron chi connectivity index (χ4n) is 1.43. The summed E-state index contributed by atoms with van der Waals surface area (Å²) in [6, 6.07) is 10.4. The number of benzene rings is 1. The van der Waals surface area contributed by atoms with Crippen molar-refractivity contribution in [3.8, 4) is 0 Å². The van der Waals surface area contributed by atoms with Gasteiger partial charge < -0.3 is 0 Å². The second-order valence-electron chi connectivity index (χ2n) is 3.25. The standard InChI is InChI=1S/C11H11BrN2/c1-14-11(5-6-13-14)8-9-3-2-4-10(12)7-9/h2-7H,8H2,1H3. The molecule has 0 fully saturated rings. The number of halogens is 1. The van der Waals surface area contributed by atoms with Gasteiger partial charge in [0, 0.05) is 29.8 Å². The van der Waals surface area contributed by atoms with Gasteiger partial charge >= 0.3 is 0 Å². The Hall–Kier alpha value is -1.09. The monoisotopic (exact) mass is 250 g/mol. The number of hydrogen-bond donors (Lipinski definition) is 0. The van der Waals surface area contributed by atoms with Gasteiger partial charge in [-0.25, -0.2) is 0 Å². The van der Waals surface area contributed by atoms with Gasteiger partial charge in [-0.05, 0) is 23.8 Å². The average Bonchev–Trinajstić information content (AvgIpc) is 2.52. The summed E-state index contributed by atoms with van der Waals surface area (Å²) in [5.41, 5.74) is 2.52. The lowest BCUT2D eigenvalue weighted by atomic mass is 10.1. The first-order chi connectivity index (χ1) is 6.75. The summed E-state index contributed by atoms with van der Waals surface area (Å²) in [5.74, 6) is 0. The third kappa shape index (κ3) is 2.04. The molecule has 0 radical (unpaired) electrons. The summed E-state index contributed by atoms with van der Waals surface area (Å²) in [6.45, 7) is 0. The molecule has 2 aromatic rings. The minimum atomic E-state index is 0.927. The summed E-state index contributed by atoms with van der Waals surface area (Å²) in [5, 5.41) is 4.14. The first kappa shape index (κ1) is 9.46. The number of nitrogens with zero attached hydrogens (tertiary/aromatic N) is 2. The van der Waals surface area contributed by atoms with Crippen molar-refractivity contribution in [3.63, 3.8) is 0 Å². The van der Waals surface area contributed by atoms with Crippen LogP contribution in [0.5, 0.6) is 0 Å². The molecule has 2 nitrogen and oxygen atoms in total. The normalized spacial score (nSPS) is 10.4. The zero-order chi connectivity index (χ0) is 9.97. The lowest BCUT2D eigenvalue weighted by Crippen LogP contribution is -1.98. The third-order valence-electron chi connectivity index (χ3n) is 2.20. The Morgan fingerprint density at radius 1 is 1.36 bits per heavy atom. The van der Waals surface area contributed by atoms with E-state index in [9.17, 15) is 0 Å². The molecule has 0 aliphatic carbocycles. The van der Waals surface area contributed by atoms with Crippen LogP contribution in [0.1, 0.15) is 11.3 Å². The van der Waals surface area contributed by atoms with Crippen LogP contribution in [0, 0.1) is 0 Å². The molecule has 0 atom stereocenters. The van der Waals surface area contributed by atoms with Crippen molar-refractivity contribution in [1.82, 2.24) is 9.78 Å². The van der Waals surface area contributed by atoms with Crippen molar-refractivity contribution in [3.05, 3.63) is 52.3 Å². The van der Waals surface area contributed by atoms with E-state index in [1.807, 2.05) is 30.1 Å². The topological polar surface area (TPSA) is 17.8 Å². The van der Waals surface area contributed by atoms with Crippen LogP contribution >= 0.6 is 15.9 Å². The van der Waals surface area contributed by atoms with E-state index in [1.165, 1.54) is 11.3 Å². The zero-order valence-corrected chi connectivity index (χ0v) is 9.53. The number of aromatic nitrogens is 2. The summed E-state index contributed by atoms with van der Waals surface area (Å²) in [7, 11) is 1.97. The largest absolute Gasteiger partial charge is 0.272 e. The molecule has 0 aliphatic heterocycles. The molecule has 0 amide bonds. The second kappa shape index (κ2) is 3.96. The number of aryl methyl sites for hydroxylation is 1. The van der Waals surface area contributed by atoms with E-state index in [1.54, 1.807) is 0 Å². The van der Waals surface area contributed by atoms with Gasteiger partial charge in [0.15, 0.2) is 0 Å². The molecule has 1 aromatic carbocycles. The summed E-state index contributed by atoms with van der Waals surface area (Å²) in [4.78, 5) is 0. The molecule has 0 spiro atoms. The Balaban J connectivity index is 2.23. The Labute approximate surface area is 91.7 Å². The van der Waals surface area contributed by atoms with E-state index in [-0.39, 0.29) is 0 Å². The Kier molecular flexibility index (Phi) is 2.68. The number of hydrogen-bond acceptors (Lipinski definition) is 1. The zero-order valence-electron chi connectivity index (χ0n) is 7.94. The second-order valence-corrected chi connectivity index (χ2v) is 4.17. The molecule has 14 heavy (non-hydrogen) atoms. The van der Waals surface area contributed by atoms with Gasteiger partial charge in [0.2, 0.25) is 0 Å².